The van der Waals surface area contributed by atoms with Crippen LogP contribution in [0.5, 0.6) is 5.75 Å². The topological polar surface area (TPSA) is 26.3 Å². The Morgan fingerprint density at radius 1 is 1.27 bits per heavy atom. The van der Waals surface area contributed by atoms with Crippen molar-refractivity contribution in [1.29, 1.82) is 0 Å². The van der Waals surface area contributed by atoms with Crippen LogP contribution >= 0.6 is 0 Å². The zero-order valence-corrected chi connectivity index (χ0v) is 9.25. The Hall–Kier alpha value is -1.31. The average molecular weight is 204 g/mol. The molecule has 2 nitrogen and oxygen atoms in total. The quantitative estimate of drug-likeness (QED) is 0.739. The molecule has 0 aromatic heterocycles. The first-order chi connectivity index (χ1) is 7.21. The Kier molecular flexibility index (Phi) is 2.51. The molecule has 1 aromatic carbocycles. The Labute approximate surface area is 90.3 Å². The predicted molar refractivity (Wildman–Crippen MR) is 59.3 cm³/mol. The third-order valence-corrected chi connectivity index (χ3v) is 3.29. The van der Waals surface area contributed by atoms with Gasteiger partial charge in [0.15, 0.2) is 5.78 Å². The number of carbonyl (C=O) groups excluding carboxylic acids is 1. The first-order valence-electron chi connectivity index (χ1n) is 5.52. The Morgan fingerprint density at radius 2 is 1.93 bits per heavy atom. The maximum Gasteiger partial charge on any atom is 0.170 e. The fourth-order valence-electron chi connectivity index (χ4n) is 2.09. The minimum absolute atomic E-state index is 0.209. The van der Waals surface area contributed by atoms with Crippen molar-refractivity contribution in [2.45, 2.75) is 38.7 Å². The van der Waals surface area contributed by atoms with E-state index in [1.807, 2.05) is 24.3 Å². The van der Waals surface area contributed by atoms with Crippen molar-refractivity contribution < 1.29 is 9.53 Å². The number of hydrogen-bond acceptors (Lipinski definition) is 2. The molecule has 1 aliphatic heterocycles. The summed E-state index contributed by atoms with van der Waals surface area (Å²) in [6.07, 6.45) is 2.27. The van der Waals surface area contributed by atoms with E-state index < -0.39 is 0 Å². The SMILES string of the molecule is CCC1(CC)CC(=O)c2ccccc2O1. The summed E-state index contributed by atoms with van der Waals surface area (Å²) < 4.78 is 5.97. The molecule has 80 valence electrons. The molecule has 0 amide bonds. The van der Waals surface area contributed by atoms with E-state index >= 15 is 0 Å². The van der Waals surface area contributed by atoms with Crippen molar-refractivity contribution in [3.63, 3.8) is 0 Å². The van der Waals surface area contributed by atoms with Gasteiger partial charge in [0, 0.05) is 0 Å². The number of rotatable bonds is 2. The van der Waals surface area contributed by atoms with Gasteiger partial charge in [-0.25, -0.2) is 0 Å². The monoisotopic (exact) mass is 204 g/mol. The van der Waals surface area contributed by atoms with E-state index in [1.54, 1.807) is 0 Å². The Balaban J connectivity index is 2.41. The van der Waals surface area contributed by atoms with Gasteiger partial charge in [-0.2, -0.15) is 0 Å². The summed E-state index contributed by atoms with van der Waals surface area (Å²) in [5.74, 6) is 0.956. The number of benzene rings is 1. The minimum atomic E-state index is -0.272. The van der Waals surface area contributed by atoms with Gasteiger partial charge < -0.3 is 4.74 Å². The molecule has 2 heteroatoms. The predicted octanol–water partition coefficient (Wildman–Crippen LogP) is 3.21. The van der Waals surface area contributed by atoms with Crippen LogP contribution in [0.25, 0.3) is 0 Å². The number of carbonyl (C=O) groups is 1. The number of hydrogen-bond donors (Lipinski definition) is 0. The van der Waals surface area contributed by atoms with Crippen LogP contribution in [-0.2, 0) is 0 Å². The fourth-order valence-corrected chi connectivity index (χ4v) is 2.09. The minimum Gasteiger partial charge on any atom is -0.486 e. The second-order valence-electron chi connectivity index (χ2n) is 4.09. The van der Waals surface area contributed by atoms with Crippen molar-refractivity contribution in [3.05, 3.63) is 29.8 Å². The maximum atomic E-state index is 11.9. The maximum absolute atomic E-state index is 11.9. The van der Waals surface area contributed by atoms with Gasteiger partial charge in [0.25, 0.3) is 0 Å². The third-order valence-electron chi connectivity index (χ3n) is 3.29. The fraction of sp³-hybridized carbons (Fsp3) is 0.462. The molecule has 0 saturated carbocycles. The van der Waals surface area contributed by atoms with Crippen molar-refractivity contribution in [1.82, 2.24) is 0 Å². The van der Waals surface area contributed by atoms with E-state index in [0.29, 0.717) is 6.42 Å². The molecule has 0 atom stereocenters. The van der Waals surface area contributed by atoms with Gasteiger partial charge in [-0.3, -0.25) is 4.79 Å². The first-order valence-corrected chi connectivity index (χ1v) is 5.52. The number of para-hydroxylation sites is 1. The van der Waals surface area contributed by atoms with Crippen molar-refractivity contribution >= 4 is 5.78 Å². The van der Waals surface area contributed by atoms with Crippen LogP contribution in [-0.4, -0.2) is 11.4 Å². The molecular weight excluding hydrogens is 188 g/mol. The van der Waals surface area contributed by atoms with Gasteiger partial charge in [-0.1, -0.05) is 26.0 Å². The van der Waals surface area contributed by atoms with Crippen LogP contribution in [0.3, 0.4) is 0 Å². The molecular formula is C13H16O2. The van der Waals surface area contributed by atoms with Crippen LogP contribution in [0.4, 0.5) is 0 Å². The van der Waals surface area contributed by atoms with E-state index in [-0.39, 0.29) is 11.4 Å². The molecule has 0 radical (unpaired) electrons. The lowest BCUT2D eigenvalue weighted by molar-refractivity contribution is 0.0350. The Bertz CT molecular complexity index is 378. The summed E-state index contributed by atoms with van der Waals surface area (Å²) in [4.78, 5) is 11.9. The lowest BCUT2D eigenvalue weighted by Gasteiger charge is -2.36. The molecule has 1 aromatic rings. The largest absolute Gasteiger partial charge is 0.486 e. The summed E-state index contributed by atoms with van der Waals surface area (Å²) in [6, 6.07) is 7.51. The zero-order chi connectivity index (χ0) is 10.9. The smallest absolute Gasteiger partial charge is 0.170 e. The summed E-state index contributed by atoms with van der Waals surface area (Å²) in [5.41, 5.74) is 0.459. The van der Waals surface area contributed by atoms with Crippen LogP contribution in [0.1, 0.15) is 43.5 Å². The summed E-state index contributed by atoms with van der Waals surface area (Å²) in [5, 5.41) is 0. The molecule has 0 bridgehead atoms. The molecule has 0 N–H and O–H groups in total. The summed E-state index contributed by atoms with van der Waals surface area (Å²) in [6.45, 7) is 4.15. The van der Waals surface area contributed by atoms with Crippen molar-refractivity contribution in [2.24, 2.45) is 0 Å². The highest BCUT2D eigenvalue weighted by Crippen LogP contribution is 2.36. The van der Waals surface area contributed by atoms with Crippen molar-refractivity contribution in [3.8, 4) is 5.75 Å². The van der Waals surface area contributed by atoms with Crippen LogP contribution in [0.15, 0.2) is 24.3 Å². The van der Waals surface area contributed by atoms with Gasteiger partial charge >= 0.3 is 0 Å². The molecule has 0 spiro atoms. The lowest BCUT2D eigenvalue weighted by Crippen LogP contribution is -2.40. The van der Waals surface area contributed by atoms with Crippen LogP contribution < -0.4 is 4.74 Å². The molecule has 0 aliphatic carbocycles. The highest BCUT2D eigenvalue weighted by molar-refractivity contribution is 6.00. The highest BCUT2D eigenvalue weighted by atomic mass is 16.5. The first kappa shape index (κ1) is 10.2. The molecule has 0 fully saturated rings. The molecule has 0 saturated heterocycles. The summed E-state index contributed by atoms with van der Waals surface area (Å²) >= 11 is 0. The van der Waals surface area contributed by atoms with E-state index in [4.69, 9.17) is 4.74 Å². The van der Waals surface area contributed by atoms with E-state index in [9.17, 15) is 4.79 Å². The van der Waals surface area contributed by atoms with Gasteiger partial charge in [-0.05, 0) is 25.0 Å². The van der Waals surface area contributed by atoms with Gasteiger partial charge in [0.2, 0.25) is 0 Å². The molecule has 15 heavy (non-hydrogen) atoms. The normalized spacial score (nSPS) is 18.1. The third kappa shape index (κ3) is 1.65. The van der Waals surface area contributed by atoms with E-state index in [2.05, 4.69) is 13.8 Å². The zero-order valence-electron chi connectivity index (χ0n) is 9.25. The number of ether oxygens (including phenoxy) is 1. The van der Waals surface area contributed by atoms with Gasteiger partial charge in [-0.15, -0.1) is 0 Å². The number of Topliss-reactive ketones (excluding diaryl/α,β-unsaturated/α-hetero) is 1. The van der Waals surface area contributed by atoms with Crippen LogP contribution in [0, 0.1) is 0 Å². The standard InChI is InChI=1S/C13H16O2/c1-3-13(4-2)9-11(14)10-7-5-6-8-12(10)15-13/h5-8H,3-4,9H2,1-2H3. The lowest BCUT2D eigenvalue weighted by atomic mass is 9.86. The molecule has 2 rings (SSSR count). The Morgan fingerprint density at radius 3 is 2.60 bits per heavy atom. The summed E-state index contributed by atoms with van der Waals surface area (Å²) in [7, 11) is 0. The molecule has 0 unspecified atom stereocenters. The number of ketones is 1. The van der Waals surface area contributed by atoms with Crippen molar-refractivity contribution in [2.75, 3.05) is 0 Å². The number of fused-ring (bicyclic) bond motifs is 1. The van der Waals surface area contributed by atoms with Crippen LogP contribution in [0.2, 0.25) is 0 Å². The van der Waals surface area contributed by atoms with E-state index in [0.717, 1.165) is 24.2 Å². The van der Waals surface area contributed by atoms with Gasteiger partial charge in [0.05, 0.1) is 12.0 Å². The average Bonchev–Trinajstić information content (AvgIpc) is 2.29. The molecule has 1 heterocycles. The highest BCUT2D eigenvalue weighted by Gasteiger charge is 2.37. The van der Waals surface area contributed by atoms with Gasteiger partial charge in [0.1, 0.15) is 11.4 Å². The second kappa shape index (κ2) is 3.69. The van der Waals surface area contributed by atoms with E-state index in [1.165, 1.54) is 0 Å². The second-order valence-corrected chi connectivity index (χ2v) is 4.09. The molecule has 1 aliphatic rings.